The largest absolute Gasteiger partial charge is 0.478 e. The average molecular weight is 240 g/mol. The summed E-state index contributed by atoms with van der Waals surface area (Å²) in [6.45, 7) is 1.74. The minimum atomic E-state index is -1.05. The van der Waals surface area contributed by atoms with E-state index in [1.807, 2.05) is 0 Å². The molecule has 1 aromatic heterocycles. The second-order valence-electron chi connectivity index (χ2n) is 3.31. The van der Waals surface area contributed by atoms with Crippen LogP contribution in [0.25, 0.3) is 0 Å². The Hall–Kier alpha value is -1.56. The summed E-state index contributed by atoms with van der Waals surface area (Å²) in [4.78, 5) is 25.8. The van der Waals surface area contributed by atoms with Gasteiger partial charge >= 0.3 is 5.97 Å². The molecule has 0 saturated heterocycles. The third kappa shape index (κ3) is 3.23. The minimum absolute atomic E-state index is 0.0836. The summed E-state index contributed by atoms with van der Waals surface area (Å²) >= 11 is 4.01. The zero-order chi connectivity index (χ0) is 12.1. The molecule has 6 heteroatoms. The van der Waals surface area contributed by atoms with Crippen LogP contribution in [0.5, 0.6) is 0 Å². The number of pyridine rings is 1. The number of thiol groups is 1. The molecule has 0 bridgehead atoms. The highest BCUT2D eigenvalue weighted by Gasteiger charge is 2.11. The highest BCUT2D eigenvalue weighted by Crippen LogP contribution is 2.07. The fraction of sp³-hybridized carbons (Fsp3) is 0.300. The van der Waals surface area contributed by atoms with Crippen LogP contribution in [0.2, 0.25) is 0 Å². The summed E-state index contributed by atoms with van der Waals surface area (Å²) in [5.74, 6) is -0.674. The number of hydrogen-bond acceptors (Lipinski definition) is 4. The SMILES string of the molecule is CC(CS)C(=O)Nc1ccc(C(=O)O)cn1. The summed E-state index contributed by atoms with van der Waals surface area (Å²) in [6, 6.07) is 2.84. The number of carboxylic acids is 1. The van der Waals surface area contributed by atoms with E-state index in [9.17, 15) is 9.59 Å². The molecule has 0 aromatic carbocycles. The zero-order valence-electron chi connectivity index (χ0n) is 8.67. The monoisotopic (exact) mass is 240 g/mol. The quantitative estimate of drug-likeness (QED) is 0.693. The van der Waals surface area contributed by atoms with E-state index in [1.54, 1.807) is 6.92 Å². The van der Waals surface area contributed by atoms with Crippen molar-refractivity contribution in [3.63, 3.8) is 0 Å². The molecule has 16 heavy (non-hydrogen) atoms. The molecule has 0 aliphatic heterocycles. The van der Waals surface area contributed by atoms with Gasteiger partial charge < -0.3 is 10.4 Å². The van der Waals surface area contributed by atoms with Crippen LogP contribution in [0.4, 0.5) is 5.82 Å². The van der Waals surface area contributed by atoms with Crippen LogP contribution in [-0.4, -0.2) is 27.7 Å². The van der Waals surface area contributed by atoms with E-state index in [2.05, 4.69) is 22.9 Å². The molecule has 1 atom stereocenters. The minimum Gasteiger partial charge on any atom is -0.478 e. The predicted molar refractivity (Wildman–Crippen MR) is 62.8 cm³/mol. The van der Waals surface area contributed by atoms with Gasteiger partial charge in [-0.2, -0.15) is 12.6 Å². The summed E-state index contributed by atoms with van der Waals surface area (Å²) in [7, 11) is 0. The van der Waals surface area contributed by atoms with Crippen LogP contribution in [-0.2, 0) is 4.79 Å². The Labute approximate surface area is 98.3 Å². The second kappa shape index (κ2) is 5.50. The fourth-order valence-corrected chi connectivity index (χ4v) is 1.09. The molecule has 2 N–H and O–H groups in total. The number of aromatic carboxylic acids is 1. The number of nitrogens with zero attached hydrogens (tertiary/aromatic N) is 1. The first-order valence-corrected chi connectivity index (χ1v) is 5.29. The van der Waals surface area contributed by atoms with Gasteiger partial charge in [0.05, 0.1) is 5.56 Å². The number of anilines is 1. The molecular weight excluding hydrogens is 228 g/mol. The molecule has 0 fully saturated rings. The lowest BCUT2D eigenvalue weighted by Gasteiger charge is -2.08. The van der Waals surface area contributed by atoms with E-state index in [-0.39, 0.29) is 17.4 Å². The van der Waals surface area contributed by atoms with Crippen LogP contribution in [0.3, 0.4) is 0 Å². The van der Waals surface area contributed by atoms with Gasteiger partial charge in [-0.25, -0.2) is 9.78 Å². The second-order valence-corrected chi connectivity index (χ2v) is 3.68. The first-order valence-electron chi connectivity index (χ1n) is 4.65. The number of carbonyl (C=O) groups excluding carboxylic acids is 1. The molecule has 86 valence electrons. The Morgan fingerprint density at radius 3 is 2.69 bits per heavy atom. The van der Waals surface area contributed by atoms with Crippen molar-refractivity contribution in [1.82, 2.24) is 4.98 Å². The average Bonchev–Trinajstić information content (AvgIpc) is 2.28. The van der Waals surface area contributed by atoms with Crippen molar-refractivity contribution < 1.29 is 14.7 Å². The first kappa shape index (κ1) is 12.5. The van der Waals surface area contributed by atoms with Gasteiger partial charge in [0.15, 0.2) is 0 Å². The predicted octanol–water partition coefficient (Wildman–Crippen LogP) is 1.28. The molecule has 1 aromatic rings. The zero-order valence-corrected chi connectivity index (χ0v) is 9.57. The molecule has 0 aliphatic rings. The highest BCUT2D eigenvalue weighted by molar-refractivity contribution is 7.80. The molecule has 1 unspecified atom stereocenters. The van der Waals surface area contributed by atoms with Crippen LogP contribution in [0.15, 0.2) is 18.3 Å². The molecule has 1 heterocycles. The van der Waals surface area contributed by atoms with Crippen LogP contribution in [0.1, 0.15) is 17.3 Å². The summed E-state index contributed by atoms with van der Waals surface area (Å²) in [5.41, 5.74) is 0.0836. The van der Waals surface area contributed by atoms with Gasteiger partial charge in [0.1, 0.15) is 5.82 Å². The first-order chi connectivity index (χ1) is 7.54. The van der Waals surface area contributed by atoms with Crippen molar-refractivity contribution in [2.24, 2.45) is 5.92 Å². The van der Waals surface area contributed by atoms with Gasteiger partial charge in [-0.05, 0) is 12.1 Å². The van der Waals surface area contributed by atoms with Gasteiger partial charge in [0.2, 0.25) is 5.91 Å². The maximum atomic E-state index is 11.4. The molecule has 1 amide bonds. The maximum absolute atomic E-state index is 11.4. The lowest BCUT2D eigenvalue weighted by molar-refractivity contribution is -0.118. The van der Waals surface area contributed by atoms with Gasteiger partial charge in [-0.1, -0.05) is 6.92 Å². The van der Waals surface area contributed by atoms with E-state index < -0.39 is 5.97 Å². The number of aromatic nitrogens is 1. The summed E-state index contributed by atoms with van der Waals surface area (Å²) in [6.07, 6.45) is 1.20. The molecule has 0 aliphatic carbocycles. The van der Waals surface area contributed by atoms with E-state index >= 15 is 0 Å². The Morgan fingerprint density at radius 1 is 1.56 bits per heavy atom. The molecule has 0 saturated carbocycles. The van der Waals surface area contributed by atoms with Gasteiger partial charge in [0.25, 0.3) is 0 Å². The molecule has 0 radical (unpaired) electrons. The standard InChI is InChI=1S/C10H12N2O3S/c1-6(5-16)9(13)12-8-3-2-7(4-11-8)10(14)15/h2-4,6,16H,5H2,1H3,(H,14,15)(H,11,12,13). The topological polar surface area (TPSA) is 79.3 Å². The fourth-order valence-electron chi connectivity index (χ4n) is 0.927. The Bertz CT molecular complexity index is 392. The van der Waals surface area contributed by atoms with Gasteiger partial charge in [0, 0.05) is 17.9 Å². The third-order valence-corrected chi connectivity index (χ3v) is 2.53. The lowest BCUT2D eigenvalue weighted by Crippen LogP contribution is -2.22. The number of carboxylic acid groups (broad SMARTS) is 1. The Balaban J connectivity index is 2.69. The van der Waals surface area contributed by atoms with Crippen molar-refractivity contribution in [1.29, 1.82) is 0 Å². The number of hydrogen-bond donors (Lipinski definition) is 3. The van der Waals surface area contributed by atoms with E-state index in [0.29, 0.717) is 11.6 Å². The van der Waals surface area contributed by atoms with Crippen molar-refractivity contribution in [2.45, 2.75) is 6.92 Å². The van der Waals surface area contributed by atoms with Gasteiger partial charge in [-0.3, -0.25) is 4.79 Å². The third-order valence-electron chi connectivity index (χ3n) is 1.98. The molecule has 1 rings (SSSR count). The Morgan fingerprint density at radius 2 is 2.25 bits per heavy atom. The van der Waals surface area contributed by atoms with Crippen LogP contribution >= 0.6 is 12.6 Å². The van der Waals surface area contributed by atoms with E-state index in [1.165, 1.54) is 18.3 Å². The number of carbonyl (C=O) groups is 2. The summed E-state index contributed by atoms with van der Waals surface area (Å²) < 4.78 is 0. The van der Waals surface area contributed by atoms with Crippen molar-refractivity contribution in [3.8, 4) is 0 Å². The smallest absolute Gasteiger partial charge is 0.337 e. The molecule has 5 nitrogen and oxygen atoms in total. The van der Waals surface area contributed by atoms with Crippen LogP contribution < -0.4 is 5.32 Å². The maximum Gasteiger partial charge on any atom is 0.337 e. The number of nitrogens with one attached hydrogen (secondary N) is 1. The van der Waals surface area contributed by atoms with Crippen molar-refractivity contribution in [2.75, 3.05) is 11.1 Å². The van der Waals surface area contributed by atoms with E-state index in [4.69, 9.17) is 5.11 Å². The Kier molecular flexibility index (Phi) is 4.30. The lowest BCUT2D eigenvalue weighted by atomic mass is 10.2. The van der Waals surface area contributed by atoms with Crippen molar-refractivity contribution in [3.05, 3.63) is 23.9 Å². The normalized spacial score (nSPS) is 11.9. The highest BCUT2D eigenvalue weighted by atomic mass is 32.1. The van der Waals surface area contributed by atoms with Crippen molar-refractivity contribution >= 4 is 30.3 Å². The molecule has 0 spiro atoms. The molecular formula is C10H12N2O3S. The van der Waals surface area contributed by atoms with Crippen LogP contribution in [0, 0.1) is 5.92 Å². The van der Waals surface area contributed by atoms with Gasteiger partial charge in [-0.15, -0.1) is 0 Å². The van der Waals surface area contributed by atoms with E-state index in [0.717, 1.165) is 0 Å². The number of amides is 1. The number of rotatable bonds is 4. The summed E-state index contributed by atoms with van der Waals surface area (Å²) in [5, 5.41) is 11.2.